The first-order valence-electron chi connectivity index (χ1n) is 32.6. The highest BCUT2D eigenvalue weighted by Crippen LogP contribution is 2.17. The van der Waals surface area contributed by atoms with Crippen LogP contribution < -0.4 is 0 Å². The minimum Gasteiger partial charge on any atom is -0.462 e. The first-order valence-corrected chi connectivity index (χ1v) is 32.6. The van der Waals surface area contributed by atoms with Gasteiger partial charge in [0.1, 0.15) is 13.2 Å². The Morgan fingerprint density at radius 2 is 0.486 bits per heavy atom. The number of carbonyl (C=O) groups excluding carboxylic acids is 3. The third-order valence-corrected chi connectivity index (χ3v) is 14.6. The van der Waals surface area contributed by atoms with Crippen LogP contribution >= 0.6 is 0 Å². The van der Waals surface area contributed by atoms with Crippen molar-refractivity contribution < 1.29 is 28.6 Å². The van der Waals surface area contributed by atoms with Crippen LogP contribution in [0.1, 0.15) is 348 Å². The molecule has 0 aliphatic carbocycles. The van der Waals surface area contributed by atoms with Crippen LogP contribution in [0, 0.1) is 0 Å². The Hall–Kier alpha value is -2.63. The molecule has 0 aliphatic heterocycles. The van der Waals surface area contributed by atoms with Crippen LogP contribution in [0.2, 0.25) is 0 Å². The summed E-state index contributed by atoms with van der Waals surface area (Å²) in [6, 6.07) is 0. The Bertz CT molecular complexity index is 1280. The minimum absolute atomic E-state index is 0.0722. The second-order valence-corrected chi connectivity index (χ2v) is 22.0. The zero-order valence-corrected chi connectivity index (χ0v) is 49.6. The van der Waals surface area contributed by atoms with Crippen LogP contribution in [0.3, 0.4) is 0 Å². The van der Waals surface area contributed by atoms with Gasteiger partial charge in [-0.15, -0.1) is 0 Å². The summed E-state index contributed by atoms with van der Waals surface area (Å²) in [6.07, 6.45) is 78.5. The molecule has 432 valence electrons. The summed E-state index contributed by atoms with van der Waals surface area (Å²) in [6.45, 7) is 6.63. The molecule has 6 heteroatoms. The molecule has 0 rings (SSSR count). The van der Waals surface area contributed by atoms with E-state index in [2.05, 4.69) is 69.4 Å². The van der Waals surface area contributed by atoms with Gasteiger partial charge in [-0.25, -0.2) is 0 Å². The Morgan fingerprint density at radius 3 is 0.757 bits per heavy atom. The molecule has 0 saturated carbocycles. The monoisotopic (exact) mass is 1040 g/mol. The zero-order valence-electron chi connectivity index (χ0n) is 49.6. The fourth-order valence-corrected chi connectivity index (χ4v) is 9.62. The molecule has 0 heterocycles. The number of allylic oxidation sites excluding steroid dienone is 8. The molecular formula is C68H124O6. The maximum absolute atomic E-state index is 12.9. The fourth-order valence-electron chi connectivity index (χ4n) is 9.62. The van der Waals surface area contributed by atoms with E-state index in [1.165, 1.54) is 231 Å². The van der Waals surface area contributed by atoms with E-state index in [4.69, 9.17) is 14.2 Å². The van der Waals surface area contributed by atoms with Crippen molar-refractivity contribution in [3.05, 3.63) is 48.6 Å². The maximum atomic E-state index is 12.9. The lowest BCUT2D eigenvalue weighted by molar-refractivity contribution is -0.167. The second kappa shape index (κ2) is 62.9. The molecule has 0 N–H and O–H groups in total. The van der Waals surface area contributed by atoms with Crippen molar-refractivity contribution in [1.82, 2.24) is 0 Å². The molecule has 74 heavy (non-hydrogen) atoms. The summed E-state index contributed by atoms with van der Waals surface area (Å²) in [5.74, 6) is -0.864. The molecule has 6 nitrogen and oxygen atoms in total. The van der Waals surface area contributed by atoms with Gasteiger partial charge in [-0.2, -0.15) is 0 Å². The molecule has 0 saturated heterocycles. The van der Waals surface area contributed by atoms with Crippen molar-refractivity contribution in [3.63, 3.8) is 0 Å². The van der Waals surface area contributed by atoms with Gasteiger partial charge in [-0.1, -0.05) is 294 Å². The number of ether oxygens (including phenoxy) is 3. The summed E-state index contributed by atoms with van der Waals surface area (Å²) >= 11 is 0. The van der Waals surface area contributed by atoms with E-state index in [0.29, 0.717) is 19.3 Å². The molecular weight excluding hydrogens is 913 g/mol. The molecule has 0 bridgehead atoms. The smallest absolute Gasteiger partial charge is 0.306 e. The Labute approximate surface area is 460 Å². The van der Waals surface area contributed by atoms with Gasteiger partial charge in [-0.05, 0) is 83.5 Å². The van der Waals surface area contributed by atoms with Crippen molar-refractivity contribution in [1.29, 1.82) is 0 Å². The average Bonchev–Trinajstić information content (AvgIpc) is 3.40. The number of rotatable bonds is 60. The van der Waals surface area contributed by atoms with Crippen LogP contribution in [0.4, 0.5) is 0 Å². The highest BCUT2D eigenvalue weighted by atomic mass is 16.6. The maximum Gasteiger partial charge on any atom is 0.306 e. The molecule has 1 atom stereocenters. The standard InChI is InChI=1S/C68H124O6/c1-4-7-10-13-16-19-21-23-25-27-29-30-31-32-33-34-35-36-37-38-39-41-42-44-46-49-52-55-58-61-67(70)73-64-65(63-72-66(69)60-57-54-51-48-18-15-12-9-6-3)74-68(71)62-59-56-53-50-47-45-43-40-28-26-24-22-20-17-14-11-8-5-2/h20-23,26-29,65H,4-19,24-25,30-64H2,1-3H3/b22-20-,23-21-,28-26-,29-27-. The molecule has 0 spiro atoms. The predicted octanol–water partition coefficient (Wildman–Crippen LogP) is 22.2. The Balaban J connectivity index is 4.12. The lowest BCUT2D eigenvalue weighted by Gasteiger charge is -2.18. The van der Waals surface area contributed by atoms with E-state index in [0.717, 1.165) is 77.0 Å². The SMILES string of the molecule is CCCCCC/C=C\C/C=C\CCCCCCCCCC(=O)OC(COC(=O)CCCCCCCCCCC)COC(=O)CCCCCCCCCCCCCCCCCCC/C=C\C/C=C\CCCCCCC. The molecule has 0 aromatic heterocycles. The highest BCUT2D eigenvalue weighted by Gasteiger charge is 2.19. The van der Waals surface area contributed by atoms with E-state index in [-0.39, 0.29) is 31.1 Å². The highest BCUT2D eigenvalue weighted by molar-refractivity contribution is 5.71. The Kier molecular flexibility index (Phi) is 60.7. The molecule has 0 amide bonds. The number of carbonyl (C=O) groups is 3. The van der Waals surface area contributed by atoms with E-state index < -0.39 is 6.10 Å². The lowest BCUT2D eigenvalue weighted by Crippen LogP contribution is -2.30. The average molecular weight is 1040 g/mol. The molecule has 0 aromatic rings. The summed E-state index contributed by atoms with van der Waals surface area (Å²) in [5.41, 5.74) is 0. The largest absolute Gasteiger partial charge is 0.462 e. The van der Waals surface area contributed by atoms with Gasteiger partial charge in [0, 0.05) is 19.3 Å². The van der Waals surface area contributed by atoms with Crippen LogP contribution in [-0.2, 0) is 28.6 Å². The number of unbranched alkanes of at least 4 members (excludes halogenated alkanes) is 41. The number of esters is 3. The van der Waals surface area contributed by atoms with Gasteiger partial charge < -0.3 is 14.2 Å². The van der Waals surface area contributed by atoms with E-state index >= 15 is 0 Å². The van der Waals surface area contributed by atoms with Gasteiger partial charge in [0.05, 0.1) is 0 Å². The normalized spacial score (nSPS) is 12.3. The first-order chi connectivity index (χ1) is 36.5. The van der Waals surface area contributed by atoms with Crippen molar-refractivity contribution >= 4 is 17.9 Å². The summed E-state index contributed by atoms with van der Waals surface area (Å²) in [5, 5.41) is 0. The van der Waals surface area contributed by atoms with Crippen LogP contribution in [0.5, 0.6) is 0 Å². The predicted molar refractivity (Wildman–Crippen MR) is 321 cm³/mol. The molecule has 0 radical (unpaired) electrons. The van der Waals surface area contributed by atoms with E-state index in [1.807, 2.05) is 0 Å². The van der Waals surface area contributed by atoms with Crippen molar-refractivity contribution in [2.24, 2.45) is 0 Å². The molecule has 0 fully saturated rings. The minimum atomic E-state index is -0.774. The Morgan fingerprint density at radius 1 is 0.270 bits per heavy atom. The van der Waals surface area contributed by atoms with Crippen molar-refractivity contribution in [2.45, 2.75) is 354 Å². The third kappa shape index (κ3) is 60.2. The molecule has 0 aromatic carbocycles. The molecule has 1 unspecified atom stereocenters. The van der Waals surface area contributed by atoms with Crippen LogP contribution in [-0.4, -0.2) is 37.2 Å². The lowest BCUT2D eigenvalue weighted by atomic mass is 10.0. The van der Waals surface area contributed by atoms with Gasteiger partial charge >= 0.3 is 17.9 Å². The van der Waals surface area contributed by atoms with Crippen molar-refractivity contribution in [3.8, 4) is 0 Å². The fraction of sp³-hybridized carbons (Fsp3) is 0.838. The van der Waals surface area contributed by atoms with Gasteiger partial charge in [0.25, 0.3) is 0 Å². The van der Waals surface area contributed by atoms with Gasteiger partial charge in [-0.3, -0.25) is 14.4 Å². The van der Waals surface area contributed by atoms with E-state index in [9.17, 15) is 14.4 Å². The second-order valence-electron chi connectivity index (χ2n) is 22.0. The van der Waals surface area contributed by atoms with Crippen LogP contribution in [0.15, 0.2) is 48.6 Å². The van der Waals surface area contributed by atoms with Crippen molar-refractivity contribution in [2.75, 3.05) is 13.2 Å². The van der Waals surface area contributed by atoms with Gasteiger partial charge in [0.15, 0.2) is 6.10 Å². The number of hydrogen-bond donors (Lipinski definition) is 0. The van der Waals surface area contributed by atoms with Crippen LogP contribution in [0.25, 0.3) is 0 Å². The third-order valence-electron chi connectivity index (χ3n) is 14.6. The van der Waals surface area contributed by atoms with E-state index in [1.54, 1.807) is 0 Å². The number of hydrogen-bond acceptors (Lipinski definition) is 6. The first kappa shape index (κ1) is 71.4. The summed E-state index contributed by atoms with van der Waals surface area (Å²) in [7, 11) is 0. The molecule has 0 aliphatic rings. The quantitative estimate of drug-likeness (QED) is 0.0261. The van der Waals surface area contributed by atoms with Gasteiger partial charge in [0.2, 0.25) is 0 Å². The zero-order chi connectivity index (χ0) is 53.6. The topological polar surface area (TPSA) is 78.9 Å². The summed E-state index contributed by atoms with van der Waals surface area (Å²) in [4.78, 5) is 38.2. The summed E-state index contributed by atoms with van der Waals surface area (Å²) < 4.78 is 16.9.